The SMILES string of the molecule is CC(C)(C)OC(=O)NC[C@H]1OC(=O)N2c3ccc(Br)cc3C(=O)C[C@@H]12. The number of fused-ring (bicyclic) bond motifs is 3. The smallest absolute Gasteiger partial charge is 0.415 e. The molecule has 2 amide bonds. The van der Waals surface area contributed by atoms with Crippen molar-refractivity contribution < 1.29 is 23.9 Å². The Balaban J connectivity index is 1.75. The van der Waals surface area contributed by atoms with E-state index < -0.39 is 29.9 Å². The van der Waals surface area contributed by atoms with Crippen molar-refractivity contribution in [3.63, 3.8) is 0 Å². The molecule has 1 saturated heterocycles. The van der Waals surface area contributed by atoms with Gasteiger partial charge in [0.15, 0.2) is 5.78 Å². The van der Waals surface area contributed by atoms with Gasteiger partial charge in [-0.1, -0.05) is 15.9 Å². The average Bonchev–Trinajstić information content (AvgIpc) is 2.80. The van der Waals surface area contributed by atoms with E-state index >= 15 is 0 Å². The number of Topliss-reactive ketones (excluding diaryl/α,β-unsaturated/α-hetero) is 1. The summed E-state index contributed by atoms with van der Waals surface area (Å²) >= 11 is 3.33. The Kier molecular flexibility index (Phi) is 4.49. The summed E-state index contributed by atoms with van der Waals surface area (Å²) < 4.78 is 11.3. The predicted octanol–water partition coefficient (Wildman–Crippen LogP) is 3.25. The normalized spacial score (nSPS) is 22.2. The molecule has 8 heteroatoms. The number of halogens is 1. The van der Waals surface area contributed by atoms with Gasteiger partial charge in [0.2, 0.25) is 0 Å². The topological polar surface area (TPSA) is 84.9 Å². The van der Waals surface area contributed by atoms with Gasteiger partial charge in [-0.05, 0) is 39.0 Å². The maximum atomic E-state index is 12.4. The molecule has 0 spiro atoms. The van der Waals surface area contributed by atoms with Gasteiger partial charge in [0.05, 0.1) is 18.3 Å². The standard InChI is InChI=1S/C17H19BrN2O5/c1-17(2,3)25-15(22)19-8-14-12-7-13(21)10-6-9(18)4-5-11(10)20(12)16(23)24-14/h4-6,12,14H,7-8H2,1-3H3,(H,19,22)/t12-,14+/m0/s1. The first-order chi connectivity index (χ1) is 11.7. The summed E-state index contributed by atoms with van der Waals surface area (Å²) in [6.45, 7) is 5.37. The number of hydrogen-bond donors (Lipinski definition) is 1. The molecule has 1 aromatic rings. The summed E-state index contributed by atoms with van der Waals surface area (Å²) in [6.07, 6.45) is -1.57. The number of cyclic esters (lactones) is 1. The number of ketones is 1. The van der Waals surface area contributed by atoms with Crippen LogP contribution in [-0.2, 0) is 9.47 Å². The lowest BCUT2D eigenvalue weighted by Gasteiger charge is -2.30. The van der Waals surface area contributed by atoms with Crippen LogP contribution in [0.25, 0.3) is 0 Å². The first-order valence-corrected chi connectivity index (χ1v) is 8.74. The van der Waals surface area contributed by atoms with Crippen molar-refractivity contribution in [3.05, 3.63) is 28.2 Å². The molecule has 0 aliphatic carbocycles. The largest absolute Gasteiger partial charge is 0.444 e. The van der Waals surface area contributed by atoms with Crippen LogP contribution in [0.1, 0.15) is 37.6 Å². The third-order valence-corrected chi connectivity index (χ3v) is 4.46. The molecular formula is C17H19BrN2O5. The van der Waals surface area contributed by atoms with Crippen LogP contribution in [0.3, 0.4) is 0 Å². The number of carbonyl (C=O) groups excluding carboxylic acids is 3. The number of rotatable bonds is 2. The molecular weight excluding hydrogens is 392 g/mol. The summed E-state index contributed by atoms with van der Waals surface area (Å²) in [4.78, 5) is 38.0. The summed E-state index contributed by atoms with van der Waals surface area (Å²) in [5.74, 6) is -0.0573. The Hall–Kier alpha value is -2.09. The van der Waals surface area contributed by atoms with E-state index in [1.165, 1.54) is 4.90 Å². The summed E-state index contributed by atoms with van der Waals surface area (Å²) in [7, 11) is 0. The quantitative estimate of drug-likeness (QED) is 0.808. The van der Waals surface area contributed by atoms with Gasteiger partial charge >= 0.3 is 12.2 Å². The van der Waals surface area contributed by atoms with Crippen LogP contribution in [0.5, 0.6) is 0 Å². The molecule has 1 aromatic carbocycles. The lowest BCUT2D eigenvalue weighted by Crippen LogP contribution is -2.46. The summed E-state index contributed by atoms with van der Waals surface area (Å²) in [5, 5.41) is 2.60. The van der Waals surface area contributed by atoms with Crippen LogP contribution >= 0.6 is 15.9 Å². The minimum atomic E-state index is -0.615. The Bertz CT molecular complexity index is 743. The number of nitrogens with one attached hydrogen (secondary N) is 1. The molecule has 0 aromatic heterocycles. The molecule has 7 nitrogen and oxygen atoms in total. The van der Waals surface area contributed by atoms with Crippen molar-refractivity contribution in [2.45, 2.75) is 44.9 Å². The molecule has 25 heavy (non-hydrogen) atoms. The number of alkyl carbamates (subject to hydrolysis) is 1. The van der Waals surface area contributed by atoms with Crippen molar-refractivity contribution in [1.29, 1.82) is 0 Å². The Morgan fingerprint density at radius 3 is 2.80 bits per heavy atom. The van der Waals surface area contributed by atoms with E-state index in [4.69, 9.17) is 9.47 Å². The van der Waals surface area contributed by atoms with Crippen LogP contribution in [0.4, 0.5) is 15.3 Å². The molecule has 0 radical (unpaired) electrons. The van der Waals surface area contributed by atoms with Crippen molar-refractivity contribution in [1.82, 2.24) is 5.32 Å². The number of nitrogens with zero attached hydrogens (tertiary/aromatic N) is 1. The zero-order valence-electron chi connectivity index (χ0n) is 14.2. The molecule has 0 bridgehead atoms. The van der Waals surface area contributed by atoms with Gasteiger partial charge in [-0.2, -0.15) is 0 Å². The molecule has 134 valence electrons. The van der Waals surface area contributed by atoms with Gasteiger partial charge < -0.3 is 14.8 Å². The summed E-state index contributed by atoms with van der Waals surface area (Å²) in [5.41, 5.74) is 0.410. The van der Waals surface area contributed by atoms with Crippen molar-refractivity contribution in [2.24, 2.45) is 0 Å². The lowest BCUT2D eigenvalue weighted by molar-refractivity contribution is 0.0488. The predicted molar refractivity (Wildman–Crippen MR) is 93.9 cm³/mol. The van der Waals surface area contributed by atoms with Gasteiger partial charge in [-0.3, -0.25) is 9.69 Å². The fourth-order valence-corrected chi connectivity index (χ4v) is 3.34. The number of anilines is 1. The fourth-order valence-electron chi connectivity index (χ4n) is 2.98. The van der Waals surface area contributed by atoms with E-state index in [1.54, 1.807) is 39.0 Å². The zero-order valence-corrected chi connectivity index (χ0v) is 15.8. The van der Waals surface area contributed by atoms with Crippen LogP contribution in [0.2, 0.25) is 0 Å². The molecule has 0 unspecified atom stereocenters. The molecule has 0 saturated carbocycles. The van der Waals surface area contributed by atoms with Gasteiger partial charge in [0.25, 0.3) is 0 Å². The van der Waals surface area contributed by atoms with E-state index in [0.29, 0.717) is 11.3 Å². The van der Waals surface area contributed by atoms with Gasteiger partial charge in [0.1, 0.15) is 11.7 Å². The molecule has 2 aliphatic heterocycles. The highest BCUT2D eigenvalue weighted by molar-refractivity contribution is 9.10. The fraction of sp³-hybridized carbons (Fsp3) is 0.471. The van der Waals surface area contributed by atoms with Crippen molar-refractivity contribution >= 4 is 39.6 Å². The molecule has 2 atom stereocenters. The number of carbonyl (C=O) groups is 3. The number of amides is 2. The number of ether oxygens (including phenoxy) is 2. The van der Waals surface area contributed by atoms with Crippen molar-refractivity contribution in [3.8, 4) is 0 Å². The van der Waals surface area contributed by atoms with Crippen LogP contribution < -0.4 is 10.2 Å². The van der Waals surface area contributed by atoms with Crippen molar-refractivity contribution in [2.75, 3.05) is 11.4 Å². The van der Waals surface area contributed by atoms with Gasteiger partial charge in [-0.25, -0.2) is 9.59 Å². The second-order valence-corrected chi connectivity index (χ2v) is 7.95. The third-order valence-electron chi connectivity index (χ3n) is 3.97. The highest BCUT2D eigenvalue weighted by Crippen LogP contribution is 2.38. The van der Waals surface area contributed by atoms with Crippen LogP contribution in [-0.4, -0.2) is 42.3 Å². The van der Waals surface area contributed by atoms with E-state index in [1.807, 2.05) is 0 Å². The van der Waals surface area contributed by atoms with E-state index in [2.05, 4.69) is 21.2 Å². The Labute approximate surface area is 153 Å². The highest BCUT2D eigenvalue weighted by atomic mass is 79.9. The molecule has 2 aliphatic rings. The van der Waals surface area contributed by atoms with E-state index in [0.717, 1.165) is 4.47 Å². The first-order valence-electron chi connectivity index (χ1n) is 7.95. The van der Waals surface area contributed by atoms with E-state index in [-0.39, 0.29) is 18.7 Å². The average molecular weight is 411 g/mol. The van der Waals surface area contributed by atoms with Gasteiger partial charge in [0, 0.05) is 16.5 Å². The molecule has 1 fully saturated rings. The maximum Gasteiger partial charge on any atom is 0.415 e. The second-order valence-electron chi connectivity index (χ2n) is 7.03. The molecule has 3 rings (SSSR count). The summed E-state index contributed by atoms with van der Waals surface area (Å²) in [6, 6.07) is 4.75. The van der Waals surface area contributed by atoms with E-state index in [9.17, 15) is 14.4 Å². The maximum absolute atomic E-state index is 12.4. The zero-order chi connectivity index (χ0) is 18.4. The molecule has 2 heterocycles. The Morgan fingerprint density at radius 1 is 1.40 bits per heavy atom. The van der Waals surface area contributed by atoms with Gasteiger partial charge in [-0.15, -0.1) is 0 Å². The Morgan fingerprint density at radius 2 is 2.12 bits per heavy atom. The highest BCUT2D eigenvalue weighted by Gasteiger charge is 2.47. The minimum absolute atomic E-state index is 0.0573. The monoisotopic (exact) mass is 410 g/mol. The first kappa shape index (κ1) is 17.7. The second kappa shape index (κ2) is 6.33. The molecule has 1 N–H and O–H groups in total. The van der Waals surface area contributed by atoms with Crippen LogP contribution in [0.15, 0.2) is 22.7 Å². The lowest BCUT2D eigenvalue weighted by atomic mass is 9.92. The van der Waals surface area contributed by atoms with Crippen LogP contribution in [0, 0.1) is 0 Å². The number of hydrogen-bond acceptors (Lipinski definition) is 5. The third kappa shape index (κ3) is 3.63. The minimum Gasteiger partial charge on any atom is -0.444 e. The number of benzene rings is 1.